The second-order valence-electron chi connectivity index (χ2n) is 5.21. The van der Waals surface area contributed by atoms with Crippen molar-refractivity contribution in [3.05, 3.63) is 48.4 Å². The third-order valence-electron chi connectivity index (χ3n) is 3.63. The summed E-state index contributed by atoms with van der Waals surface area (Å²) in [5.41, 5.74) is 3.02. The third-order valence-corrected chi connectivity index (χ3v) is 3.63. The van der Waals surface area contributed by atoms with Gasteiger partial charge in [0, 0.05) is 36.8 Å². The number of pyridine rings is 2. The first kappa shape index (κ1) is 14.0. The molecule has 0 radical (unpaired) electrons. The number of nitrogens with one attached hydrogen (secondary N) is 1. The van der Waals surface area contributed by atoms with Crippen LogP contribution < -0.4 is 0 Å². The summed E-state index contributed by atoms with van der Waals surface area (Å²) in [5.74, 6) is -0.0351. The van der Waals surface area contributed by atoms with Gasteiger partial charge in [-0.25, -0.2) is 19.3 Å². The van der Waals surface area contributed by atoms with Gasteiger partial charge in [-0.15, -0.1) is 0 Å². The maximum atomic E-state index is 13.9. The Hall–Kier alpha value is -3.60. The minimum Gasteiger partial charge on any atom is -0.336 e. The molecule has 0 aliphatic heterocycles. The molecular weight excluding hydrogens is 309 g/mol. The molecule has 0 atom stereocenters. The van der Waals surface area contributed by atoms with Gasteiger partial charge in [-0.1, -0.05) is 0 Å². The Bertz CT molecular complexity index is 1100. The Morgan fingerprint density at radius 2 is 2.12 bits per heavy atom. The molecule has 4 heterocycles. The number of aromatic amines is 1. The zero-order chi connectivity index (χ0) is 16.7. The molecule has 0 amide bonds. The quantitative estimate of drug-likeness (QED) is 0.612. The van der Waals surface area contributed by atoms with E-state index in [0.29, 0.717) is 28.1 Å². The van der Waals surface area contributed by atoms with E-state index in [9.17, 15) is 4.39 Å². The van der Waals surface area contributed by atoms with Crippen LogP contribution in [0.15, 0.2) is 36.9 Å². The van der Waals surface area contributed by atoms with Gasteiger partial charge in [0.1, 0.15) is 11.9 Å². The number of hydrogen-bond acceptors (Lipinski definition) is 5. The number of aryl methyl sites for hydroxylation is 1. The molecule has 4 rings (SSSR count). The van der Waals surface area contributed by atoms with Gasteiger partial charge in [-0.3, -0.25) is 4.68 Å². The first-order valence-corrected chi connectivity index (χ1v) is 7.05. The number of fused-ring (bicyclic) bond motifs is 1. The van der Waals surface area contributed by atoms with Crippen molar-refractivity contribution in [3.63, 3.8) is 0 Å². The molecule has 0 saturated carbocycles. The highest BCUT2D eigenvalue weighted by Gasteiger charge is 2.14. The molecule has 0 aliphatic rings. The van der Waals surface area contributed by atoms with E-state index in [2.05, 4.69) is 25.0 Å². The van der Waals surface area contributed by atoms with E-state index in [4.69, 9.17) is 5.26 Å². The average Bonchev–Trinajstić information content (AvgIpc) is 3.20. The summed E-state index contributed by atoms with van der Waals surface area (Å²) in [6.07, 6.45) is 6.59. The van der Waals surface area contributed by atoms with Crippen molar-refractivity contribution in [1.82, 2.24) is 29.7 Å². The number of rotatable bonds is 2. The van der Waals surface area contributed by atoms with E-state index < -0.39 is 5.82 Å². The summed E-state index contributed by atoms with van der Waals surface area (Å²) < 4.78 is 15.5. The van der Waals surface area contributed by atoms with Crippen molar-refractivity contribution in [1.29, 1.82) is 5.26 Å². The van der Waals surface area contributed by atoms with Gasteiger partial charge in [-0.05, 0) is 12.1 Å². The smallest absolute Gasteiger partial charge is 0.178 e. The fraction of sp³-hybridized carbons (Fsp3) is 0.0625. The number of nitrogens with zero attached hydrogens (tertiary/aromatic N) is 6. The van der Waals surface area contributed by atoms with Crippen molar-refractivity contribution in [2.24, 2.45) is 7.05 Å². The lowest BCUT2D eigenvalue weighted by Gasteiger charge is -2.03. The van der Waals surface area contributed by atoms with Crippen LogP contribution in [0.4, 0.5) is 4.39 Å². The van der Waals surface area contributed by atoms with Gasteiger partial charge in [-0.2, -0.15) is 10.4 Å². The summed E-state index contributed by atoms with van der Waals surface area (Å²) in [6, 6.07) is 4.74. The van der Waals surface area contributed by atoms with Gasteiger partial charge < -0.3 is 4.98 Å². The fourth-order valence-corrected chi connectivity index (χ4v) is 2.50. The van der Waals surface area contributed by atoms with Crippen LogP contribution in [0, 0.1) is 17.1 Å². The van der Waals surface area contributed by atoms with E-state index in [0.717, 1.165) is 5.56 Å². The van der Waals surface area contributed by atoms with Gasteiger partial charge in [0.25, 0.3) is 0 Å². The predicted octanol–water partition coefficient (Wildman–Crippen LogP) is 2.43. The van der Waals surface area contributed by atoms with Crippen LogP contribution in [0.1, 0.15) is 5.69 Å². The van der Waals surface area contributed by atoms with Crippen molar-refractivity contribution in [2.45, 2.75) is 0 Å². The number of H-pyrrole nitrogens is 1. The van der Waals surface area contributed by atoms with Gasteiger partial charge >= 0.3 is 0 Å². The second-order valence-corrected chi connectivity index (χ2v) is 5.21. The third kappa shape index (κ3) is 2.19. The molecule has 0 aliphatic carbocycles. The highest BCUT2D eigenvalue weighted by molar-refractivity contribution is 5.91. The van der Waals surface area contributed by atoms with Crippen LogP contribution in [-0.4, -0.2) is 29.7 Å². The van der Waals surface area contributed by atoms with Gasteiger partial charge in [0.2, 0.25) is 0 Å². The molecule has 0 spiro atoms. The van der Waals surface area contributed by atoms with Crippen LogP contribution >= 0.6 is 0 Å². The Balaban J connectivity index is 1.89. The van der Waals surface area contributed by atoms with Crippen molar-refractivity contribution in [2.75, 3.05) is 0 Å². The number of hydrogen-bond donors (Lipinski definition) is 1. The van der Waals surface area contributed by atoms with Crippen LogP contribution in [0.25, 0.3) is 33.7 Å². The molecule has 0 unspecified atom stereocenters. The van der Waals surface area contributed by atoms with E-state index >= 15 is 0 Å². The molecule has 7 nitrogen and oxygen atoms in total. The summed E-state index contributed by atoms with van der Waals surface area (Å²) >= 11 is 0. The van der Waals surface area contributed by atoms with Crippen molar-refractivity contribution in [3.8, 4) is 28.6 Å². The highest BCUT2D eigenvalue weighted by atomic mass is 19.1. The molecule has 0 aromatic carbocycles. The van der Waals surface area contributed by atoms with Crippen LogP contribution in [0.5, 0.6) is 0 Å². The molecule has 24 heavy (non-hydrogen) atoms. The number of halogens is 1. The Morgan fingerprint density at radius 3 is 2.83 bits per heavy atom. The molecule has 0 fully saturated rings. The van der Waals surface area contributed by atoms with E-state index in [1.54, 1.807) is 29.2 Å². The average molecular weight is 319 g/mol. The largest absolute Gasteiger partial charge is 0.336 e. The minimum absolute atomic E-state index is 0.232. The highest BCUT2D eigenvalue weighted by Crippen LogP contribution is 2.28. The Morgan fingerprint density at radius 1 is 1.25 bits per heavy atom. The Labute approximate surface area is 135 Å². The molecular formula is C16H10FN7. The van der Waals surface area contributed by atoms with Gasteiger partial charge in [0.05, 0.1) is 17.3 Å². The molecule has 4 aromatic heterocycles. The minimum atomic E-state index is -0.660. The molecule has 0 bridgehead atoms. The first-order chi connectivity index (χ1) is 11.7. The maximum absolute atomic E-state index is 13.9. The van der Waals surface area contributed by atoms with Crippen LogP contribution in [0.3, 0.4) is 0 Å². The van der Waals surface area contributed by atoms with Gasteiger partial charge in [0.15, 0.2) is 17.2 Å². The lowest BCUT2D eigenvalue weighted by Crippen LogP contribution is -1.91. The number of aromatic nitrogens is 6. The number of imidazole rings is 1. The number of nitriles is 1. The van der Waals surface area contributed by atoms with Crippen molar-refractivity contribution < 1.29 is 4.39 Å². The van der Waals surface area contributed by atoms with Crippen LogP contribution in [-0.2, 0) is 7.05 Å². The fourth-order valence-electron chi connectivity index (χ4n) is 2.50. The van der Waals surface area contributed by atoms with E-state index in [1.807, 2.05) is 13.2 Å². The molecule has 4 aromatic rings. The summed E-state index contributed by atoms with van der Waals surface area (Å²) in [6.45, 7) is 0. The topological polar surface area (TPSA) is 96.1 Å². The molecule has 1 N–H and O–H groups in total. The standard InChI is InChI=1S/C16H10FN7/c1-24-8-10(7-21-24)15-22-14-11(2-3-19-16(14)23-15)9-4-12(17)13(5-18)20-6-9/h2-4,6-8H,1H3,(H,19,22,23). The lowest BCUT2D eigenvalue weighted by molar-refractivity contribution is 0.617. The first-order valence-electron chi connectivity index (χ1n) is 7.05. The summed E-state index contributed by atoms with van der Waals surface area (Å²) in [4.78, 5) is 15.7. The summed E-state index contributed by atoms with van der Waals surface area (Å²) in [7, 11) is 1.82. The molecule has 116 valence electrons. The van der Waals surface area contributed by atoms with E-state index in [1.165, 1.54) is 12.3 Å². The monoisotopic (exact) mass is 319 g/mol. The normalized spacial score (nSPS) is 10.9. The predicted molar refractivity (Wildman–Crippen MR) is 84.0 cm³/mol. The molecule has 0 saturated heterocycles. The van der Waals surface area contributed by atoms with Crippen molar-refractivity contribution >= 4 is 11.2 Å². The summed E-state index contributed by atoms with van der Waals surface area (Å²) in [5, 5.41) is 12.9. The Kier molecular flexibility index (Phi) is 3.06. The zero-order valence-corrected chi connectivity index (χ0v) is 12.5. The SMILES string of the molecule is Cn1cc(-c2nc3nccc(-c4cnc(C#N)c(F)c4)c3[nH]2)cn1. The van der Waals surface area contributed by atoms with E-state index in [-0.39, 0.29) is 5.69 Å². The molecule has 8 heteroatoms. The van der Waals surface area contributed by atoms with Crippen LogP contribution in [0.2, 0.25) is 0 Å². The zero-order valence-electron chi connectivity index (χ0n) is 12.5. The second kappa shape index (κ2) is 5.24. The lowest BCUT2D eigenvalue weighted by atomic mass is 10.1. The maximum Gasteiger partial charge on any atom is 0.178 e.